The van der Waals surface area contributed by atoms with E-state index in [0.29, 0.717) is 12.0 Å². The van der Waals surface area contributed by atoms with Gasteiger partial charge in [-0.15, -0.1) is 0 Å². The largest absolute Gasteiger partial charge is 0.328 e. The predicted octanol–water partition coefficient (Wildman–Crippen LogP) is 4.27. The van der Waals surface area contributed by atoms with Gasteiger partial charge in [-0.3, -0.25) is 0 Å². The van der Waals surface area contributed by atoms with Crippen LogP contribution in [0.3, 0.4) is 0 Å². The van der Waals surface area contributed by atoms with Gasteiger partial charge in [0.25, 0.3) is 0 Å². The minimum absolute atomic E-state index is 0.343. The highest BCUT2D eigenvalue weighted by Gasteiger charge is 2.08. The fraction of sp³-hybridized carbons (Fsp3) is 0.571. The molecule has 0 aliphatic heterocycles. The Morgan fingerprint density at radius 3 is 2.56 bits per heavy atom. The van der Waals surface area contributed by atoms with Crippen molar-refractivity contribution >= 4 is 11.6 Å². The third kappa shape index (κ3) is 3.80. The van der Waals surface area contributed by atoms with Crippen molar-refractivity contribution in [3.63, 3.8) is 0 Å². The minimum Gasteiger partial charge on any atom is -0.328 e. The summed E-state index contributed by atoms with van der Waals surface area (Å²) in [5.41, 5.74) is 8.46. The number of halogens is 1. The summed E-state index contributed by atoms with van der Waals surface area (Å²) >= 11 is 6.02. The normalized spacial score (nSPS) is 14.8. The average Bonchev–Trinajstić information content (AvgIpc) is 2.29. The lowest BCUT2D eigenvalue weighted by Crippen LogP contribution is -2.18. The Labute approximate surface area is 104 Å². The Balaban J connectivity index is 2.59. The summed E-state index contributed by atoms with van der Waals surface area (Å²) in [4.78, 5) is 0. The molecule has 0 saturated carbocycles. The van der Waals surface area contributed by atoms with Crippen LogP contribution in [0.1, 0.15) is 50.2 Å². The van der Waals surface area contributed by atoms with Crippen molar-refractivity contribution in [2.75, 3.05) is 0 Å². The topological polar surface area (TPSA) is 26.0 Å². The third-order valence-corrected chi connectivity index (χ3v) is 3.67. The van der Waals surface area contributed by atoms with Crippen LogP contribution in [-0.2, 0) is 0 Å². The molecule has 2 N–H and O–H groups in total. The number of nitrogens with two attached hydrogens (primary N) is 1. The van der Waals surface area contributed by atoms with Crippen LogP contribution in [0.4, 0.5) is 0 Å². The maximum absolute atomic E-state index is 6.02. The van der Waals surface area contributed by atoms with Crippen molar-refractivity contribution < 1.29 is 0 Å². The average molecular weight is 240 g/mol. The summed E-state index contributed by atoms with van der Waals surface area (Å²) in [5, 5.41) is 0.848. The molecule has 90 valence electrons. The van der Waals surface area contributed by atoms with E-state index in [1.165, 1.54) is 5.56 Å². The van der Waals surface area contributed by atoms with Crippen LogP contribution >= 0.6 is 11.6 Å². The Kier molecular flexibility index (Phi) is 5.30. The van der Waals surface area contributed by atoms with Crippen molar-refractivity contribution in [3.05, 3.63) is 34.3 Å². The van der Waals surface area contributed by atoms with E-state index < -0.39 is 0 Å². The van der Waals surface area contributed by atoms with Gasteiger partial charge < -0.3 is 5.73 Å². The molecule has 16 heavy (non-hydrogen) atoms. The van der Waals surface area contributed by atoms with Crippen molar-refractivity contribution in [1.82, 2.24) is 0 Å². The lowest BCUT2D eigenvalue weighted by atomic mass is 9.93. The van der Waals surface area contributed by atoms with Gasteiger partial charge in [0.1, 0.15) is 0 Å². The maximum Gasteiger partial charge on any atom is 0.0435 e. The molecule has 0 spiro atoms. The highest BCUT2D eigenvalue weighted by Crippen LogP contribution is 2.25. The second kappa shape index (κ2) is 6.27. The number of aryl methyl sites for hydroxylation is 1. The molecule has 2 unspecified atom stereocenters. The summed E-state index contributed by atoms with van der Waals surface area (Å²) in [5.74, 6) is 0.563. The molecule has 0 amide bonds. The Bertz CT molecular complexity index is 336. The highest BCUT2D eigenvalue weighted by atomic mass is 35.5. The van der Waals surface area contributed by atoms with E-state index in [0.717, 1.165) is 29.8 Å². The van der Waals surface area contributed by atoms with Crippen LogP contribution in [0.25, 0.3) is 0 Å². The molecule has 0 aliphatic carbocycles. The zero-order valence-corrected chi connectivity index (χ0v) is 11.2. The SMILES string of the molecule is CCC(N)CCC(C)c1ccc(Cl)c(C)c1. The minimum atomic E-state index is 0.343. The number of rotatable bonds is 5. The van der Waals surface area contributed by atoms with E-state index in [1.54, 1.807) is 0 Å². The number of hydrogen-bond donors (Lipinski definition) is 1. The molecule has 0 aliphatic rings. The van der Waals surface area contributed by atoms with Crippen LogP contribution in [0.5, 0.6) is 0 Å². The first-order valence-electron chi connectivity index (χ1n) is 6.06. The molecule has 0 bridgehead atoms. The number of benzene rings is 1. The van der Waals surface area contributed by atoms with Crippen molar-refractivity contribution in [2.45, 2.75) is 52.0 Å². The van der Waals surface area contributed by atoms with Gasteiger partial charge in [-0.1, -0.05) is 37.6 Å². The molecule has 2 atom stereocenters. The number of hydrogen-bond acceptors (Lipinski definition) is 1. The molecular weight excluding hydrogens is 218 g/mol. The zero-order chi connectivity index (χ0) is 12.1. The van der Waals surface area contributed by atoms with Gasteiger partial charge in [0.15, 0.2) is 0 Å². The van der Waals surface area contributed by atoms with Gasteiger partial charge in [0.05, 0.1) is 0 Å². The van der Waals surface area contributed by atoms with E-state index >= 15 is 0 Å². The lowest BCUT2D eigenvalue weighted by Gasteiger charge is -2.15. The quantitative estimate of drug-likeness (QED) is 0.816. The summed E-state index contributed by atoms with van der Waals surface area (Å²) in [6.45, 7) is 6.45. The van der Waals surface area contributed by atoms with Crippen LogP contribution in [0.2, 0.25) is 5.02 Å². The van der Waals surface area contributed by atoms with Gasteiger partial charge >= 0.3 is 0 Å². The second-order valence-corrected chi connectivity index (χ2v) is 5.06. The molecule has 1 aromatic carbocycles. The first kappa shape index (κ1) is 13.5. The van der Waals surface area contributed by atoms with E-state index in [2.05, 4.69) is 32.9 Å². The fourth-order valence-electron chi connectivity index (χ4n) is 1.81. The molecule has 0 aromatic heterocycles. The van der Waals surface area contributed by atoms with Crippen LogP contribution < -0.4 is 5.73 Å². The molecule has 1 aromatic rings. The Hall–Kier alpha value is -0.530. The first-order chi connectivity index (χ1) is 7.54. The monoisotopic (exact) mass is 239 g/mol. The van der Waals surface area contributed by atoms with Gasteiger partial charge in [-0.05, 0) is 49.3 Å². The molecule has 1 rings (SSSR count). The smallest absolute Gasteiger partial charge is 0.0435 e. The molecular formula is C14H22ClN. The van der Waals surface area contributed by atoms with Crippen LogP contribution in [0.15, 0.2) is 18.2 Å². The molecule has 0 fully saturated rings. The summed E-state index contributed by atoms with van der Waals surface area (Å²) < 4.78 is 0. The molecule has 0 heterocycles. The van der Waals surface area contributed by atoms with E-state index in [-0.39, 0.29) is 0 Å². The van der Waals surface area contributed by atoms with E-state index in [1.807, 2.05) is 6.07 Å². The standard InChI is InChI=1S/C14H22ClN/c1-4-13(16)7-5-10(2)12-6-8-14(15)11(3)9-12/h6,8-10,13H,4-5,7,16H2,1-3H3. The Morgan fingerprint density at radius 2 is 2.00 bits per heavy atom. The highest BCUT2D eigenvalue weighted by molar-refractivity contribution is 6.31. The lowest BCUT2D eigenvalue weighted by molar-refractivity contribution is 0.530. The van der Waals surface area contributed by atoms with Crippen LogP contribution in [-0.4, -0.2) is 6.04 Å². The van der Waals surface area contributed by atoms with E-state index in [4.69, 9.17) is 17.3 Å². The Morgan fingerprint density at radius 1 is 1.31 bits per heavy atom. The predicted molar refractivity (Wildman–Crippen MR) is 72.1 cm³/mol. The molecule has 0 saturated heterocycles. The summed E-state index contributed by atoms with van der Waals surface area (Å²) in [7, 11) is 0. The molecule has 1 nitrogen and oxygen atoms in total. The molecule has 2 heteroatoms. The first-order valence-corrected chi connectivity index (χ1v) is 6.44. The van der Waals surface area contributed by atoms with Crippen molar-refractivity contribution in [3.8, 4) is 0 Å². The molecule has 0 radical (unpaired) electrons. The summed E-state index contributed by atoms with van der Waals surface area (Å²) in [6.07, 6.45) is 3.31. The summed E-state index contributed by atoms with van der Waals surface area (Å²) in [6, 6.07) is 6.64. The van der Waals surface area contributed by atoms with Gasteiger partial charge in [0.2, 0.25) is 0 Å². The van der Waals surface area contributed by atoms with Crippen molar-refractivity contribution in [1.29, 1.82) is 0 Å². The van der Waals surface area contributed by atoms with Gasteiger partial charge in [-0.2, -0.15) is 0 Å². The van der Waals surface area contributed by atoms with Gasteiger partial charge in [0, 0.05) is 11.1 Å². The van der Waals surface area contributed by atoms with Crippen molar-refractivity contribution in [2.24, 2.45) is 5.73 Å². The third-order valence-electron chi connectivity index (χ3n) is 3.25. The second-order valence-electron chi connectivity index (χ2n) is 4.66. The maximum atomic E-state index is 6.02. The van der Waals surface area contributed by atoms with Gasteiger partial charge in [-0.25, -0.2) is 0 Å². The van der Waals surface area contributed by atoms with E-state index in [9.17, 15) is 0 Å². The van der Waals surface area contributed by atoms with Crippen LogP contribution in [0, 0.1) is 6.92 Å². The zero-order valence-electron chi connectivity index (χ0n) is 10.5. The fourth-order valence-corrected chi connectivity index (χ4v) is 1.93.